The molecule has 2 aliphatic heterocycles. The summed E-state index contributed by atoms with van der Waals surface area (Å²) in [5, 5.41) is 0. The predicted molar refractivity (Wildman–Crippen MR) is 93.1 cm³/mol. The second-order valence-corrected chi connectivity index (χ2v) is 6.94. The maximum absolute atomic E-state index is 13.2. The Labute approximate surface area is 143 Å². The van der Waals surface area contributed by atoms with Crippen LogP contribution in [0, 0.1) is 5.92 Å². The van der Waals surface area contributed by atoms with Gasteiger partial charge in [0.05, 0.1) is 5.92 Å². The van der Waals surface area contributed by atoms with Crippen LogP contribution in [0.5, 0.6) is 0 Å². The van der Waals surface area contributed by atoms with Crippen LogP contribution in [0.25, 0.3) is 0 Å². The van der Waals surface area contributed by atoms with Crippen LogP contribution in [0.3, 0.4) is 0 Å². The van der Waals surface area contributed by atoms with Crippen LogP contribution >= 0.6 is 0 Å². The lowest BCUT2D eigenvalue weighted by atomic mass is 9.93. The van der Waals surface area contributed by atoms with Crippen molar-refractivity contribution in [1.29, 1.82) is 0 Å². The molecule has 24 heavy (non-hydrogen) atoms. The fraction of sp³-hybridized carbons (Fsp3) is 0.579. The van der Waals surface area contributed by atoms with E-state index in [4.69, 9.17) is 5.73 Å². The van der Waals surface area contributed by atoms with Gasteiger partial charge in [0.2, 0.25) is 11.8 Å². The van der Waals surface area contributed by atoms with Crippen molar-refractivity contribution in [1.82, 2.24) is 9.80 Å². The van der Waals surface area contributed by atoms with E-state index in [-0.39, 0.29) is 23.8 Å². The number of amides is 2. The van der Waals surface area contributed by atoms with Gasteiger partial charge >= 0.3 is 0 Å². The number of hydrogen-bond donors (Lipinski definition) is 1. The van der Waals surface area contributed by atoms with Gasteiger partial charge in [-0.15, -0.1) is 0 Å². The Bertz CT molecular complexity index is 569. The Morgan fingerprint density at radius 1 is 1.00 bits per heavy atom. The zero-order chi connectivity index (χ0) is 16.9. The van der Waals surface area contributed by atoms with Gasteiger partial charge in [-0.2, -0.15) is 0 Å². The summed E-state index contributed by atoms with van der Waals surface area (Å²) in [6, 6.07) is 9.64. The van der Waals surface area contributed by atoms with Crippen LogP contribution in [0.4, 0.5) is 0 Å². The van der Waals surface area contributed by atoms with Crippen molar-refractivity contribution in [3.05, 3.63) is 35.9 Å². The molecule has 0 bridgehead atoms. The zero-order valence-corrected chi connectivity index (χ0v) is 14.2. The zero-order valence-electron chi connectivity index (χ0n) is 14.2. The average molecular weight is 329 g/mol. The molecule has 0 aliphatic carbocycles. The third-order valence-corrected chi connectivity index (χ3v) is 5.24. The molecule has 0 saturated carbocycles. The van der Waals surface area contributed by atoms with Crippen molar-refractivity contribution < 1.29 is 9.59 Å². The number of rotatable bonds is 4. The first-order chi connectivity index (χ1) is 11.7. The fourth-order valence-electron chi connectivity index (χ4n) is 3.91. The summed E-state index contributed by atoms with van der Waals surface area (Å²) < 4.78 is 0. The van der Waals surface area contributed by atoms with Gasteiger partial charge in [-0.05, 0) is 44.2 Å². The lowest BCUT2D eigenvalue weighted by molar-refractivity contribution is -0.140. The van der Waals surface area contributed by atoms with E-state index in [0.717, 1.165) is 50.9 Å². The maximum Gasteiger partial charge on any atom is 0.244 e. The number of primary amides is 1. The predicted octanol–water partition coefficient (Wildman–Crippen LogP) is 1.94. The minimum absolute atomic E-state index is 0.154. The highest BCUT2D eigenvalue weighted by Crippen LogP contribution is 2.29. The van der Waals surface area contributed by atoms with Gasteiger partial charge in [-0.3, -0.25) is 14.5 Å². The highest BCUT2D eigenvalue weighted by atomic mass is 16.2. The molecular weight excluding hydrogens is 302 g/mol. The van der Waals surface area contributed by atoms with Gasteiger partial charge in [0.25, 0.3) is 0 Å². The molecule has 0 radical (unpaired) electrons. The Kier molecular flexibility index (Phi) is 5.51. The minimum atomic E-state index is -0.300. The number of carbonyl (C=O) groups excluding carboxylic acids is 2. The lowest BCUT2D eigenvalue weighted by Crippen LogP contribution is -2.49. The SMILES string of the molecule is NC(=O)[C@H]1CCCN([C@@H](C(=O)N2CCCCC2)c2ccccc2)C1. The summed E-state index contributed by atoms with van der Waals surface area (Å²) in [4.78, 5) is 29.0. The number of nitrogens with two attached hydrogens (primary N) is 1. The summed E-state index contributed by atoms with van der Waals surface area (Å²) in [6.45, 7) is 3.10. The van der Waals surface area contributed by atoms with Crippen LogP contribution in [0.15, 0.2) is 30.3 Å². The summed E-state index contributed by atoms with van der Waals surface area (Å²) >= 11 is 0. The smallest absolute Gasteiger partial charge is 0.244 e. The second-order valence-electron chi connectivity index (χ2n) is 6.94. The average Bonchev–Trinajstić information content (AvgIpc) is 2.64. The number of nitrogens with zero attached hydrogens (tertiary/aromatic N) is 2. The van der Waals surface area contributed by atoms with E-state index < -0.39 is 0 Å². The molecule has 1 aromatic carbocycles. The largest absolute Gasteiger partial charge is 0.369 e. The Balaban J connectivity index is 1.84. The van der Waals surface area contributed by atoms with E-state index in [2.05, 4.69) is 4.90 Å². The van der Waals surface area contributed by atoms with Crippen LogP contribution in [0.2, 0.25) is 0 Å². The molecule has 130 valence electrons. The van der Waals surface area contributed by atoms with E-state index in [1.54, 1.807) is 0 Å². The molecule has 2 fully saturated rings. The molecule has 0 aromatic heterocycles. The molecular formula is C19H27N3O2. The summed E-state index contributed by atoms with van der Waals surface area (Å²) in [7, 11) is 0. The van der Waals surface area contributed by atoms with Gasteiger partial charge in [0.15, 0.2) is 0 Å². The number of likely N-dealkylation sites (tertiary alicyclic amines) is 2. The highest BCUT2D eigenvalue weighted by molar-refractivity contribution is 5.83. The van der Waals surface area contributed by atoms with Crippen LogP contribution in [0.1, 0.15) is 43.7 Å². The van der Waals surface area contributed by atoms with Crippen molar-refractivity contribution in [2.24, 2.45) is 11.7 Å². The molecule has 2 saturated heterocycles. The second kappa shape index (κ2) is 7.79. The van der Waals surface area contributed by atoms with Crippen LogP contribution in [-0.2, 0) is 9.59 Å². The van der Waals surface area contributed by atoms with E-state index in [1.165, 1.54) is 6.42 Å². The van der Waals surface area contributed by atoms with Crippen molar-refractivity contribution >= 4 is 11.8 Å². The fourth-order valence-corrected chi connectivity index (χ4v) is 3.91. The number of hydrogen-bond acceptors (Lipinski definition) is 3. The molecule has 3 rings (SSSR count). The highest BCUT2D eigenvalue weighted by Gasteiger charge is 2.35. The summed E-state index contributed by atoms with van der Waals surface area (Å²) in [5.41, 5.74) is 6.54. The molecule has 5 nitrogen and oxygen atoms in total. The summed E-state index contributed by atoms with van der Waals surface area (Å²) in [6.07, 6.45) is 5.09. The molecule has 0 unspecified atom stereocenters. The van der Waals surface area contributed by atoms with Crippen molar-refractivity contribution in [3.8, 4) is 0 Å². The Morgan fingerprint density at radius 2 is 1.71 bits per heavy atom. The quantitative estimate of drug-likeness (QED) is 0.918. The maximum atomic E-state index is 13.2. The molecule has 2 aliphatic rings. The topological polar surface area (TPSA) is 66.6 Å². The van der Waals surface area contributed by atoms with Crippen molar-refractivity contribution in [3.63, 3.8) is 0 Å². The number of piperidine rings is 2. The first-order valence-corrected chi connectivity index (χ1v) is 9.04. The first-order valence-electron chi connectivity index (χ1n) is 9.04. The third-order valence-electron chi connectivity index (χ3n) is 5.24. The molecule has 0 spiro atoms. The monoisotopic (exact) mass is 329 g/mol. The molecule has 2 N–H and O–H groups in total. The van der Waals surface area contributed by atoms with Crippen molar-refractivity contribution in [2.45, 2.75) is 38.1 Å². The van der Waals surface area contributed by atoms with E-state index >= 15 is 0 Å². The van der Waals surface area contributed by atoms with E-state index in [1.807, 2.05) is 35.2 Å². The third kappa shape index (κ3) is 3.78. The summed E-state index contributed by atoms with van der Waals surface area (Å²) in [5.74, 6) is -0.234. The van der Waals surface area contributed by atoms with E-state index in [0.29, 0.717) is 6.54 Å². The molecule has 2 heterocycles. The first kappa shape index (κ1) is 17.0. The molecule has 2 amide bonds. The van der Waals surface area contributed by atoms with Crippen LogP contribution < -0.4 is 5.73 Å². The van der Waals surface area contributed by atoms with Gasteiger partial charge in [-0.1, -0.05) is 30.3 Å². The Hall–Kier alpha value is -1.88. The number of carbonyl (C=O) groups is 2. The van der Waals surface area contributed by atoms with Gasteiger partial charge in [-0.25, -0.2) is 0 Å². The van der Waals surface area contributed by atoms with Gasteiger partial charge < -0.3 is 10.6 Å². The van der Waals surface area contributed by atoms with E-state index in [9.17, 15) is 9.59 Å². The normalized spacial score (nSPS) is 23.7. The molecule has 2 atom stereocenters. The van der Waals surface area contributed by atoms with Crippen molar-refractivity contribution in [2.75, 3.05) is 26.2 Å². The van der Waals surface area contributed by atoms with Gasteiger partial charge in [0.1, 0.15) is 6.04 Å². The number of benzene rings is 1. The Morgan fingerprint density at radius 3 is 2.38 bits per heavy atom. The standard InChI is InChI=1S/C19H27N3O2/c20-18(23)16-10-7-13-22(14-16)17(15-8-3-1-4-9-15)19(24)21-11-5-2-6-12-21/h1,3-4,8-9,16-17H,2,5-7,10-14H2,(H2,20,23)/t16-,17+/m0/s1. The molecule has 5 heteroatoms. The lowest BCUT2D eigenvalue weighted by Gasteiger charge is -2.39. The molecule has 1 aromatic rings. The van der Waals surface area contributed by atoms with Gasteiger partial charge in [0, 0.05) is 19.6 Å². The minimum Gasteiger partial charge on any atom is -0.369 e. The van der Waals surface area contributed by atoms with Crippen LogP contribution in [-0.4, -0.2) is 47.8 Å².